The highest BCUT2D eigenvalue weighted by Gasteiger charge is 2.39. The number of hydrogen-bond donors (Lipinski definition) is 0. The first kappa shape index (κ1) is 14.5. The number of carbonyl (C=O) groups is 2. The van der Waals surface area contributed by atoms with Gasteiger partial charge in [0.15, 0.2) is 0 Å². The Morgan fingerprint density at radius 1 is 1.00 bits per heavy atom. The maximum atomic E-state index is 12.9. The van der Waals surface area contributed by atoms with Crippen molar-refractivity contribution in [1.82, 2.24) is 14.9 Å². The number of amides is 2. The van der Waals surface area contributed by atoms with Gasteiger partial charge in [-0.3, -0.25) is 24.5 Å². The number of fused-ring (bicyclic) bond motifs is 3. The van der Waals surface area contributed by atoms with Gasteiger partial charge in [0.25, 0.3) is 11.8 Å². The summed E-state index contributed by atoms with van der Waals surface area (Å²) in [6.45, 7) is 3.89. The van der Waals surface area contributed by atoms with Crippen molar-refractivity contribution in [1.29, 1.82) is 0 Å². The van der Waals surface area contributed by atoms with Crippen molar-refractivity contribution in [3.05, 3.63) is 70.7 Å². The molecule has 2 amide bonds. The molecule has 1 aliphatic rings. The molecule has 0 saturated heterocycles. The van der Waals surface area contributed by atoms with Gasteiger partial charge < -0.3 is 0 Å². The molecule has 5 nitrogen and oxygen atoms in total. The lowest BCUT2D eigenvalue weighted by atomic mass is 10.0. The minimum atomic E-state index is -0.297. The zero-order chi connectivity index (χ0) is 16.8. The topological polar surface area (TPSA) is 63.2 Å². The predicted octanol–water partition coefficient (Wildman–Crippen LogP) is 3.04. The molecule has 2 aromatic heterocycles. The lowest BCUT2D eigenvalue weighted by Gasteiger charge is -2.12. The Kier molecular flexibility index (Phi) is 3.16. The van der Waals surface area contributed by atoms with Crippen molar-refractivity contribution in [3.8, 4) is 0 Å². The van der Waals surface area contributed by atoms with E-state index in [0.717, 1.165) is 16.5 Å². The van der Waals surface area contributed by atoms with Gasteiger partial charge in [-0.2, -0.15) is 0 Å². The standard InChI is InChI=1S/C19H15N3O2/c1-11-6-7-15-14(9-11)17-16(12(2)21-15)18(23)22(19(17)24)10-13-5-3-4-8-20-13/h3-9H,10H2,1-2H3. The van der Waals surface area contributed by atoms with Gasteiger partial charge in [0, 0.05) is 11.6 Å². The van der Waals surface area contributed by atoms with Crippen molar-refractivity contribution in [3.63, 3.8) is 0 Å². The first-order chi connectivity index (χ1) is 11.6. The predicted molar refractivity (Wildman–Crippen MR) is 89.7 cm³/mol. The summed E-state index contributed by atoms with van der Waals surface area (Å²) < 4.78 is 0. The molecule has 0 unspecified atom stereocenters. The first-order valence-corrected chi connectivity index (χ1v) is 7.73. The van der Waals surface area contributed by atoms with Crippen LogP contribution in [0.4, 0.5) is 0 Å². The zero-order valence-electron chi connectivity index (χ0n) is 13.4. The average Bonchev–Trinajstić information content (AvgIpc) is 2.82. The number of nitrogens with zero attached hydrogens (tertiary/aromatic N) is 3. The van der Waals surface area contributed by atoms with Crippen LogP contribution in [0.25, 0.3) is 10.9 Å². The molecule has 1 aliphatic heterocycles. The van der Waals surface area contributed by atoms with Crippen LogP contribution in [0.5, 0.6) is 0 Å². The van der Waals surface area contributed by atoms with E-state index in [2.05, 4.69) is 9.97 Å². The monoisotopic (exact) mass is 317 g/mol. The Morgan fingerprint density at radius 3 is 2.54 bits per heavy atom. The van der Waals surface area contributed by atoms with Crippen molar-refractivity contribution in [2.24, 2.45) is 0 Å². The normalized spacial score (nSPS) is 13.7. The summed E-state index contributed by atoms with van der Waals surface area (Å²) in [4.78, 5) is 35.7. The molecule has 0 fully saturated rings. The molecule has 0 aliphatic carbocycles. The van der Waals surface area contributed by atoms with E-state index in [0.29, 0.717) is 22.5 Å². The maximum absolute atomic E-state index is 12.9. The van der Waals surface area contributed by atoms with E-state index in [4.69, 9.17) is 0 Å². The number of rotatable bonds is 2. The van der Waals surface area contributed by atoms with Crippen LogP contribution in [0.15, 0.2) is 42.6 Å². The van der Waals surface area contributed by atoms with Gasteiger partial charge in [0.05, 0.1) is 34.6 Å². The minimum Gasteiger partial charge on any atom is -0.269 e. The van der Waals surface area contributed by atoms with Crippen molar-refractivity contribution < 1.29 is 9.59 Å². The van der Waals surface area contributed by atoms with E-state index < -0.39 is 0 Å². The van der Waals surface area contributed by atoms with Crippen LogP contribution >= 0.6 is 0 Å². The fourth-order valence-corrected chi connectivity index (χ4v) is 3.14. The molecule has 0 atom stereocenters. The fraction of sp³-hybridized carbons (Fsp3) is 0.158. The van der Waals surface area contributed by atoms with Crippen LogP contribution in [0.1, 0.15) is 37.7 Å². The first-order valence-electron chi connectivity index (χ1n) is 7.73. The Morgan fingerprint density at radius 2 is 1.79 bits per heavy atom. The van der Waals surface area contributed by atoms with Crippen LogP contribution in [0.2, 0.25) is 0 Å². The number of benzene rings is 1. The Balaban J connectivity index is 1.88. The highest BCUT2D eigenvalue weighted by Crippen LogP contribution is 2.32. The Hall–Kier alpha value is -3.08. The largest absolute Gasteiger partial charge is 0.269 e. The Labute approximate surface area is 139 Å². The molecule has 0 saturated carbocycles. The van der Waals surface area contributed by atoms with E-state index in [9.17, 15) is 9.59 Å². The summed E-state index contributed by atoms with van der Waals surface area (Å²) in [6, 6.07) is 11.2. The molecule has 24 heavy (non-hydrogen) atoms. The summed E-state index contributed by atoms with van der Waals surface area (Å²) in [5.41, 5.74) is 3.90. The number of aromatic nitrogens is 2. The summed E-state index contributed by atoms with van der Waals surface area (Å²) in [7, 11) is 0. The fourth-order valence-electron chi connectivity index (χ4n) is 3.14. The SMILES string of the molecule is Cc1ccc2nc(C)c3c(c2c1)C(=O)N(Cc1ccccn1)C3=O. The van der Waals surface area contributed by atoms with Gasteiger partial charge in [-0.1, -0.05) is 17.7 Å². The second-order valence-corrected chi connectivity index (χ2v) is 5.99. The average molecular weight is 317 g/mol. The van der Waals surface area contributed by atoms with Crippen molar-refractivity contribution >= 4 is 22.7 Å². The van der Waals surface area contributed by atoms with E-state index in [-0.39, 0.29) is 18.4 Å². The molecule has 0 spiro atoms. The third kappa shape index (κ3) is 2.09. The minimum absolute atomic E-state index is 0.167. The van der Waals surface area contributed by atoms with Crippen LogP contribution in [0, 0.1) is 13.8 Å². The smallest absolute Gasteiger partial charge is 0.263 e. The van der Waals surface area contributed by atoms with Gasteiger partial charge >= 0.3 is 0 Å². The highest BCUT2D eigenvalue weighted by atomic mass is 16.2. The number of carbonyl (C=O) groups excluding carboxylic acids is 2. The van der Waals surface area contributed by atoms with Gasteiger partial charge in [-0.15, -0.1) is 0 Å². The van der Waals surface area contributed by atoms with Gasteiger partial charge in [0.1, 0.15) is 0 Å². The molecule has 5 heteroatoms. The quantitative estimate of drug-likeness (QED) is 0.682. The number of hydrogen-bond acceptors (Lipinski definition) is 4. The highest BCUT2D eigenvalue weighted by molar-refractivity contribution is 6.26. The molecule has 3 heterocycles. The lowest BCUT2D eigenvalue weighted by Crippen LogP contribution is -2.29. The lowest BCUT2D eigenvalue weighted by molar-refractivity contribution is 0.0641. The maximum Gasteiger partial charge on any atom is 0.263 e. The van der Waals surface area contributed by atoms with Crippen LogP contribution in [-0.4, -0.2) is 26.7 Å². The Bertz CT molecular complexity index is 996. The zero-order valence-corrected chi connectivity index (χ0v) is 13.4. The van der Waals surface area contributed by atoms with Gasteiger partial charge in [-0.25, -0.2) is 0 Å². The number of aryl methyl sites for hydroxylation is 2. The van der Waals surface area contributed by atoms with Gasteiger partial charge in [-0.05, 0) is 38.1 Å². The van der Waals surface area contributed by atoms with Crippen LogP contribution in [0.3, 0.4) is 0 Å². The van der Waals surface area contributed by atoms with Crippen LogP contribution < -0.4 is 0 Å². The number of imide groups is 1. The summed E-state index contributed by atoms with van der Waals surface area (Å²) >= 11 is 0. The summed E-state index contributed by atoms with van der Waals surface area (Å²) in [5.74, 6) is -0.573. The van der Waals surface area contributed by atoms with Crippen LogP contribution in [-0.2, 0) is 6.54 Å². The number of pyridine rings is 2. The molecule has 118 valence electrons. The molecule has 4 rings (SSSR count). The van der Waals surface area contributed by atoms with Gasteiger partial charge in [0.2, 0.25) is 0 Å². The van der Waals surface area contributed by atoms with E-state index in [1.807, 2.05) is 31.2 Å². The third-order valence-electron chi connectivity index (χ3n) is 4.29. The van der Waals surface area contributed by atoms with Crippen molar-refractivity contribution in [2.45, 2.75) is 20.4 Å². The molecule has 3 aromatic rings. The van der Waals surface area contributed by atoms with Crippen molar-refractivity contribution in [2.75, 3.05) is 0 Å². The second-order valence-electron chi connectivity index (χ2n) is 5.99. The van der Waals surface area contributed by atoms with E-state index in [1.165, 1.54) is 4.90 Å². The van der Waals surface area contributed by atoms with E-state index >= 15 is 0 Å². The molecule has 0 N–H and O–H groups in total. The second kappa shape index (κ2) is 5.23. The summed E-state index contributed by atoms with van der Waals surface area (Å²) in [5, 5.41) is 0.734. The summed E-state index contributed by atoms with van der Waals surface area (Å²) in [6.07, 6.45) is 1.65. The molecule has 0 radical (unpaired) electrons. The molecule has 1 aromatic carbocycles. The molecular formula is C19H15N3O2. The van der Waals surface area contributed by atoms with E-state index in [1.54, 1.807) is 25.3 Å². The molecular weight excluding hydrogens is 302 g/mol. The molecule has 0 bridgehead atoms. The third-order valence-corrected chi connectivity index (χ3v) is 4.29.